The van der Waals surface area contributed by atoms with E-state index in [1.54, 1.807) is 4.52 Å². The Morgan fingerprint density at radius 1 is 1.06 bits per heavy atom. The third-order valence-corrected chi connectivity index (χ3v) is 6.16. The number of para-hydroxylation sites is 1. The van der Waals surface area contributed by atoms with Crippen molar-refractivity contribution in [2.75, 3.05) is 12.4 Å². The van der Waals surface area contributed by atoms with Crippen LogP contribution in [0.25, 0.3) is 17.0 Å². The van der Waals surface area contributed by atoms with Crippen molar-refractivity contribution in [3.05, 3.63) is 76.1 Å². The topological polar surface area (TPSA) is 72.3 Å². The minimum Gasteiger partial charge on any atom is -0.492 e. The monoisotopic (exact) mass is 448 g/mol. The minimum absolute atomic E-state index is 0.0781. The number of benzene rings is 2. The molecule has 4 rings (SSSR count). The summed E-state index contributed by atoms with van der Waals surface area (Å²) < 4.78 is 7.62. The molecule has 2 aromatic heterocycles. The van der Waals surface area contributed by atoms with Crippen LogP contribution in [0.15, 0.2) is 64.5 Å². The highest BCUT2D eigenvalue weighted by atomic mass is 32.2. The van der Waals surface area contributed by atoms with Crippen LogP contribution in [-0.4, -0.2) is 31.9 Å². The van der Waals surface area contributed by atoms with Crippen molar-refractivity contribution in [2.24, 2.45) is 0 Å². The fourth-order valence-electron chi connectivity index (χ4n) is 3.45. The van der Waals surface area contributed by atoms with Gasteiger partial charge in [0.05, 0.1) is 6.61 Å². The number of aromatic nitrogens is 4. The molecule has 4 aromatic rings. The fourth-order valence-corrected chi connectivity index (χ4v) is 4.22. The van der Waals surface area contributed by atoms with Crippen molar-refractivity contribution >= 4 is 17.4 Å². The quantitative estimate of drug-likeness (QED) is 0.314. The maximum Gasteiger partial charge on any atom is 0.266 e. The summed E-state index contributed by atoms with van der Waals surface area (Å²) in [4.78, 5) is 21.3. The van der Waals surface area contributed by atoms with Crippen molar-refractivity contribution in [1.82, 2.24) is 19.6 Å². The van der Waals surface area contributed by atoms with Crippen molar-refractivity contribution in [3.63, 3.8) is 0 Å². The van der Waals surface area contributed by atoms with Crippen LogP contribution in [0.2, 0.25) is 0 Å². The third kappa shape index (κ3) is 4.88. The Bertz CT molecular complexity index is 1270. The van der Waals surface area contributed by atoms with Crippen LogP contribution >= 0.6 is 11.8 Å². The fraction of sp³-hybridized carbons (Fsp3) is 0.320. The van der Waals surface area contributed by atoms with Gasteiger partial charge in [-0.1, -0.05) is 81.9 Å². The number of H-pyrrole nitrogens is 1. The number of fused-ring (bicyclic) bond motifs is 1. The van der Waals surface area contributed by atoms with Crippen LogP contribution in [0, 0.1) is 0 Å². The molecule has 0 spiro atoms. The lowest BCUT2D eigenvalue weighted by atomic mass is 9.87. The van der Waals surface area contributed by atoms with Crippen LogP contribution in [0.4, 0.5) is 0 Å². The summed E-state index contributed by atoms with van der Waals surface area (Å²) in [6, 6.07) is 17.9. The predicted octanol–water partition coefficient (Wildman–Crippen LogP) is 5.12. The van der Waals surface area contributed by atoms with Crippen molar-refractivity contribution in [2.45, 2.75) is 44.7 Å². The summed E-state index contributed by atoms with van der Waals surface area (Å²) in [6.07, 6.45) is 0.928. The Morgan fingerprint density at radius 3 is 2.53 bits per heavy atom. The average molecular weight is 449 g/mol. The molecule has 0 atom stereocenters. The van der Waals surface area contributed by atoms with Crippen molar-refractivity contribution in [1.29, 1.82) is 0 Å². The number of hydrogen-bond donors (Lipinski definition) is 1. The Morgan fingerprint density at radius 2 is 1.81 bits per heavy atom. The van der Waals surface area contributed by atoms with E-state index in [4.69, 9.17) is 9.72 Å². The second-order valence-corrected chi connectivity index (χ2v) is 9.69. The highest BCUT2D eigenvalue weighted by Gasteiger charge is 2.15. The van der Waals surface area contributed by atoms with Crippen LogP contribution in [-0.2, 0) is 11.8 Å². The molecule has 32 heavy (non-hydrogen) atoms. The van der Waals surface area contributed by atoms with E-state index < -0.39 is 0 Å². The van der Waals surface area contributed by atoms with Crippen molar-refractivity contribution < 1.29 is 4.74 Å². The molecule has 0 saturated heterocycles. The molecule has 2 heterocycles. The molecule has 0 fully saturated rings. The zero-order valence-electron chi connectivity index (χ0n) is 18.9. The molecule has 166 valence electrons. The number of rotatable bonds is 7. The normalized spacial score (nSPS) is 11.8. The highest BCUT2D eigenvalue weighted by molar-refractivity contribution is 7.99. The second kappa shape index (κ2) is 9.20. The van der Waals surface area contributed by atoms with Gasteiger partial charge < -0.3 is 4.74 Å². The smallest absolute Gasteiger partial charge is 0.266 e. The number of nitrogens with zero attached hydrogens (tertiary/aromatic N) is 3. The van der Waals surface area contributed by atoms with E-state index in [0.717, 1.165) is 17.7 Å². The van der Waals surface area contributed by atoms with Gasteiger partial charge in [-0.25, -0.2) is 14.5 Å². The van der Waals surface area contributed by atoms with Crippen LogP contribution < -0.4 is 10.3 Å². The number of aromatic amines is 1. The van der Waals surface area contributed by atoms with E-state index in [2.05, 4.69) is 56.0 Å². The standard InChI is InChI=1S/C25H28N4O2S/c1-5-17-8-6-7-9-20(17)31-14-15-32-24-27-23(26-21-16-22(30)28-29(21)24)18-10-12-19(13-11-18)25(2,3)4/h6-13,16H,5,14-15H2,1-4H3,(H,28,30). The molecule has 2 aromatic carbocycles. The predicted molar refractivity (Wildman–Crippen MR) is 130 cm³/mol. The molecule has 1 N–H and O–H groups in total. The number of hydrogen-bond acceptors (Lipinski definition) is 5. The Kier molecular flexibility index (Phi) is 6.37. The lowest BCUT2D eigenvalue weighted by molar-refractivity contribution is 0.340. The largest absolute Gasteiger partial charge is 0.492 e. The molecule has 0 bridgehead atoms. The van der Waals surface area contributed by atoms with Crippen LogP contribution in [0.1, 0.15) is 38.8 Å². The number of nitrogens with one attached hydrogen (secondary N) is 1. The van der Waals surface area contributed by atoms with Crippen molar-refractivity contribution in [3.8, 4) is 17.1 Å². The zero-order valence-corrected chi connectivity index (χ0v) is 19.7. The summed E-state index contributed by atoms with van der Waals surface area (Å²) in [7, 11) is 0. The third-order valence-electron chi connectivity index (χ3n) is 5.26. The lowest BCUT2D eigenvalue weighted by Crippen LogP contribution is -2.10. The van der Waals surface area contributed by atoms with Gasteiger partial charge in [0.25, 0.3) is 5.56 Å². The number of thioether (sulfide) groups is 1. The first-order valence-electron chi connectivity index (χ1n) is 10.8. The molecule has 7 heteroatoms. The molecule has 0 unspecified atom stereocenters. The van der Waals surface area contributed by atoms with E-state index in [-0.39, 0.29) is 11.0 Å². The lowest BCUT2D eigenvalue weighted by Gasteiger charge is -2.19. The van der Waals surface area contributed by atoms with Gasteiger partial charge in [-0.05, 0) is 29.0 Å². The van der Waals surface area contributed by atoms with E-state index in [1.807, 2.05) is 30.3 Å². The van der Waals surface area contributed by atoms with E-state index in [1.165, 1.54) is 29.0 Å². The highest BCUT2D eigenvalue weighted by Crippen LogP contribution is 2.26. The maximum atomic E-state index is 12.0. The van der Waals surface area contributed by atoms with Gasteiger partial charge in [0.1, 0.15) is 5.75 Å². The van der Waals surface area contributed by atoms with Gasteiger partial charge in [0.15, 0.2) is 16.6 Å². The number of aryl methyl sites for hydroxylation is 1. The molecular formula is C25H28N4O2S. The summed E-state index contributed by atoms with van der Waals surface area (Å²) in [6.45, 7) is 9.21. The SMILES string of the molecule is CCc1ccccc1OCCSc1nc(-c2ccc(C(C)(C)C)cc2)nc2cc(=O)[nH]n12. The summed E-state index contributed by atoms with van der Waals surface area (Å²) in [5.74, 6) is 2.20. The second-order valence-electron chi connectivity index (χ2n) is 8.63. The van der Waals surface area contributed by atoms with Gasteiger partial charge in [0.2, 0.25) is 0 Å². The first kappa shape index (κ1) is 22.1. The van der Waals surface area contributed by atoms with E-state index >= 15 is 0 Å². The Balaban J connectivity index is 1.55. The zero-order chi connectivity index (χ0) is 22.7. The molecule has 0 radical (unpaired) electrons. The van der Waals surface area contributed by atoms with Crippen LogP contribution in [0.5, 0.6) is 5.75 Å². The molecule has 0 aliphatic rings. The van der Waals surface area contributed by atoms with Crippen LogP contribution in [0.3, 0.4) is 0 Å². The Hall–Kier alpha value is -3.06. The van der Waals surface area contributed by atoms with E-state index in [0.29, 0.717) is 29.0 Å². The summed E-state index contributed by atoms with van der Waals surface area (Å²) >= 11 is 1.53. The van der Waals surface area contributed by atoms with Gasteiger partial charge in [-0.15, -0.1) is 0 Å². The first-order chi connectivity index (χ1) is 15.3. The molecule has 0 amide bonds. The van der Waals surface area contributed by atoms with Gasteiger partial charge >= 0.3 is 0 Å². The minimum atomic E-state index is -0.200. The Labute approximate surface area is 192 Å². The molecular weight excluding hydrogens is 420 g/mol. The molecule has 0 aliphatic carbocycles. The van der Waals surface area contributed by atoms with Gasteiger partial charge in [-0.2, -0.15) is 0 Å². The number of ether oxygens (including phenoxy) is 1. The average Bonchev–Trinajstić information content (AvgIpc) is 3.16. The first-order valence-corrected chi connectivity index (χ1v) is 11.8. The summed E-state index contributed by atoms with van der Waals surface area (Å²) in [5, 5.41) is 3.47. The molecule has 0 aliphatic heterocycles. The molecule has 0 saturated carbocycles. The maximum absolute atomic E-state index is 12.0. The van der Waals surface area contributed by atoms with Gasteiger partial charge in [0, 0.05) is 17.4 Å². The van der Waals surface area contributed by atoms with E-state index in [9.17, 15) is 4.79 Å². The van der Waals surface area contributed by atoms with Gasteiger partial charge in [-0.3, -0.25) is 9.89 Å². The molecule has 6 nitrogen and oxygen atoms in total. The summed E-state index contributed by atoms with van der Waals surface area (Å²) in [5.41, 5.74) is 3.80.